The van der Waals surface area contributed by atoms with Gasteiger partial charge in [-0.3, -0.25) is 15.0 Å². The molecule has 0 saturated carbocycles. The summed E-state index contributed by atoms with van der Waals surface area (Å²) in [5.74, 6) is -1.07. The van der Waals surface area contributed by atoms with Gasteiger partial charge >= 0.3 is 0 Å². The molecule has 34 heavy (non-hydrogen) atoms. The van der Waals surface area contributed by atoms with Crippen molar-refractivity contribution in [3.8, 4) is 12.1 Å². The molecule has 0 saturated heterocycles. The lowest BCUT2D eigenvalue weighted by Gasteiger charge is -2.49. The van der Waals surface area contributed by atoms with Crippen LogP contribution in [0.1, 0.15) is 5.56 Å². The number of nitriles is 2. The predicted octanol–water partition coefficient (Wildman–Crippen LogP) is 4.03. The lowest BCUT2D eigenvalue weighted by atomic mass is 9.99. The number of benzene rings is 3. The van der Waals surface area contributed by atoms with E-state index in [-0.39, 0.29) is 22.8 Å². The van der Waals surface area contributed by atoms with Gasteiger partial charge in [0.25, 0.3) is 5.69 Å². The Hall–Kier alpha value is -5.28. The van der Waals surface area contributed by atoms with E-state index < -0.39 is 10.7 Å². The first-order valence-corrected chi connectivity index (χ1v) is 10.2. The fraction of sp³-hybridized carbons (Fsp3) is 0.0400. The molecule has 1 aliphatic heterocycles. The summed E-state index contributed by atoms with van der Waals surface area (Å²) in [6.07, 6.45) is 1.50. The van der Waals surface area contributed by atoms with Gasteiger partial charge in [0.05, 0.1) is 10.6 Å². The third kappa shape index (κ3) is 3.97. The first-order chi connectivity index (χ1) is 16.5. The van der Waals surface area contributed by atoms with Crippen molar-refractivity contribution in [3.05, 3.63) is 124 Å². The fourth-order valence-corrected chi connectivity index (χ4v) is 3.81. The Kier molecular flexibility index (Phi) is 5.85. The molecule has 9 heteroatoms. The van der Waals surface area contributed by atoms with Crippen molar-refractivity contribution in [1.82, 2.24) is 5.32 Å². The number of para-hydroxylation sites is 1. The molecule has 4 N–H and O–H groups in total. The normalized spacial score (nSPS) is 16.9. The zero-order chi connectivity index (χ0) is 24.1. The maximum absolute atomic E-state index is 11.2. The van der Waals surface area contributed by atoms with Crippen molar-refractivity contribution < 1.29 is 4.92 Å². The summed E-state index contributed by atoms with van der Waals surface area (Å²) in [6.45, 7) is 0. The standard InChI is InChI=1S/C25H19N7O2/c26-16-18(17-27)23-15-24(28)31(21-11-13-22(14-12-21)32(33)34)25(30-23,19-7-3-1-4-8-19)29-20-9-5-2-6-10-20/h1-15,29-30H,28H2. The molecule has 1 aliphatic rings. The number of allylic oxidation sites excluding steroid dienone is 2. The van der Waals surface area contributed by atoms with Gasteiger partial charge in [-0.25, -0.2) is 0 Å². The molecule has 9 nitrogen and oxygen atoms in total. The third-order valence-corrected chi connectivity index (χ3v) is 5.30. The number of rotatable bonds is 5. The van der Waals surface area contributed by atoms with Crippen LogP contribution in [0.15, 0.2) is 108 Å². The minimum atomic E-state index is -1.29. The van der Waals surface area contributed by atoms with Crippen LogP contribution in [-0.4, -0.2) is 4.92 Å². The Bertz CT molecular complexity index is 1340. The number of nitrogens with zero attached hydrogens (tertiary/aromatic N) is 4. The highest BCUT2D eigenvalue weighted by Crippen LogP contribution is 2.39. The van der Waals surface area contributed by atoms with E-state index in [0.717, 1.165) is 11.3 Å². The van der Waals surface area contributed by atoms with Crippen LogP contribution in [0.5, 0.6) is 0 Å². The Labute approximate surface area is 195 Å². The van der Waals surface area contributed by atoms with Gasteiger partial charge in [-0.2, -0.15) is 10.5 Å². The summed E-state index contributed by atoms with van der Waals surface area (Å²) in [5, 5.41) is 37.0. The van der Waals surface area contributed by atoms with Crippen LogP contribution in [-0.2, 0) is 5.79 Å². The number of nitro groups is 1. The molecule has 0 aromatic heterocycles. The highest BCUT2D eigenvalue weighted by Gasteiger charge is 2.44. The Morgan fingerprint density at radius 3 is 2.12 bits per heavy atom. The SMILES string of the molecule is N#CC(C#N)=C1C=C(N)N(c2ccc([N+](=O)[O-])cc2)C(Nc2ccccc2)(c2ccccc2)N1. The van der Waals surface area contributed by atoms with Crippen LogP contribution >= 0.6 is 0 Å². The number of hydrogen-bond acceptors (Lipinski definition) is 8. The molecular formula is C25H19N7O2. The number of nitro benzene ring substituents is 1. The average Bonchev–Trinajstić information content (AvgIpc) is 2.86. The summed E-state index contributed by atoms with van der Waals surface area (Å²) in [7, 11) is 0. The van der Waals surface area contributed by atoms with Gasteiger partial charge < -0.3 is 16.4 Å². The Balaban J connectivity index is 2.00. The molecule has 3 aromatic rings. The van der Waals surface area contributed by atoms with Crippen LogP contribution in [0, 0.1) is 32.8 Å². The van der Waals surface area contributed by atoms with E-state index in [1.54, 1.807) is 17.0 Å². The number of anilines is 2. The molecule has 1 atom stereocenters. The largest absolute Gasteiger partial charge is 0.385 e. The zero-order valence-corrected chi connectivity index (χ0v) is 17.8. The molecule has 0 amide bonds. The molecule has 0 aliphatic carbocycles. The van der Waals surface area contributed by atoms with Crippen molar-refractivity contribution in [2.24, 2.45) is 5.73 Å². The summed E-state index contributed by atoms with van der Waals surface area (Å²) < 4.78 is 0. The summed E-state index contributed by atoms with van der Waals surface area (Å²) >= 11 is 0. The molecule has 0 fully saturated rings. The minimum absolute atomic E-state index is 0.0607. The van der Waals surface area contributed by atoms with Crippen LogP contribution in [0.25, 0.3) is 0 Å². The lowest BCUT2D eigenvalue weighted by Crippen LogP contribution is -2.64. The number of hydrogen-bond donors (Lipinski definition) is 3. The number of nitrogens with one attached hydrogen (secondary N) is 2. The van der Waals surface area contributed by atoms with Gasteiger partial charge in [-0.15, -0.1) is 0 Å². The Morgan fingerprint density at radius 1 is 0.971 bits per heavy atom. The maximum Gasteiger partial charge on any atom is 0.269 e. The first-order valence-electron chi connectivity index (χ1n) is 10.2. The predicted molar refractivity (Wildman–Crippen MR) is 127 cm³/mol. The Morgan fingerprint density at radius 2 is 1.56 bits per heavy atom. The van der Waals surface area contributed by atoms with E-state index in [0.29, 0.717) is 5.69 Å². The molecule has 1 unspecified atom stereocenters. The van der Waals surface area contributed by atoms with Crippen molar-refractivity contribution in [3.63, 3.8) is 0 Å². The first kappa shape index (κ1) is 21.9. The van der Waals surface area contributed by atoms with Crippen LogP contribution < -0.4 is 21.3 Å². The van der Waals surface area contributed by atoms with Crippen molar-refractivity contribution in [1.29, 1.82) is 10.5 Å². The molecule has 166 valence electrons. The minimum Gasteiger partial charge on any atom is -0.385 e. The van der Waals surface area contributed by atoms with Crippen molar-refractivity contribution in [2.75, 3.05) is 10.2 Å². The van der Waals surface area contributed by atoms with Crippen molar-refractivity contribution in [2.45, 2.75) is 5.79 Å². The summed E-state index contributed by atoms with van der Waals surface area (Å²) in [5.41, 5.74) is 8.58. The smallest absolute Gasteiger partial charge is 0.269 e. The van der Waals surface area contributed by atoms with Crippen LogP contribution in [0.4, 0.5) is 17.1 Å². The molecule has 3 aromatic carbocycles. The molecule has 0 bridgehead atoms. The highest BCUT2D eigenvalue weighted by atomic mass is 16.6. The topological polar surface area (TPSA) is 144 Å². The van der Waals surface area contributed by atoms with Gasteiger partial charge in [0.15, 0.2) is 5.57 Å². The molecule has 0 radical (unpaired) electrons. The van der Waals surface area contributed by atoms with Gasteiger partial charge in [-0.05, 0) is 24.3 Å². The van der Waals surface area contributed by atoms with Gasteiger partial charge in [0, 0.05) is 35.1 Å². The monoisotopic (exact) mass is 449 g/mol. The van der Waals surface area contributed by atoms with Gasteiger partial charge in [0.2, 0.25) is 5.79 Å². The van der Waals surface area contributed by atoms with Crippen molar-refractivity contribution >= 4 is 17.1 Å². The second-order valence-electron chi connectivity index (χ2n) is 7.38. The molecule has 0 spiro atoms. The second kappa shape index (κ2) is 9.07. The fourth-order valence-electron chi connectivity index (χ4n) is 3.81. The van der Waals surface area contributed by atoms with E-state index >= 15 is 0 Å². The number of nitrogens with two attached hydrogens (primary N) is 1. The van der Waals surface area contributed by atoms with Crippen LogP contribution in [0.3, 0.4) is 0 Å². The highest BCUT2D eigenvalue weighted by molar-refractivity contribution is 5.65. The lowest BCUT2D eigenvalue weighted by molar-refractivity contribution is -0.384. The summed E-state index contributed by atoms with van der Waals surface area (Å²) in [6, 6.07) is 28.4. The van der Waals surface area contributed by atoms with Gasteiger partial charge in [0.1, 0.15) is 18.0 Å². The molecular weight excluding hydrogens is 430 g/mol. The maximum atomic E-state index is 11.2. The second-order valence-corrected chi connectivity index (χ2v) is 7.38. The molecule has 1 heterocycles. The van der Waals surface area contributed by atoms with Crippen LogP contribution in [0.2, 0.25) is 0 Å². The zero-order valence-electron chi connectivity index (χ0n) is 17.8. The average molecular weight is 449 g/mol. The van der Waals surface area contributed by atoms with E-state index in [1.807, 2.05) is 72.8 Å². The molecule has 4 rings (SSSR count). The van der Waals surface area contributed by atoms with Gasteiger partial charge in [-0.1, -0.05) is 48.5 Å². The van der Waals surface area contributed by atoms with E-state index in [1.165, 1.54) is 18.2 Å². The van der Waals surface area contributed by atoms with E-state index in [2.05, 4.69) is 10.6 Å². The van der Waals surface area contributed by atoms with E-state index in [9.17, 15) is 20.6 Å². The summed E-state index contributed by atoms with van der Waals surface area (Å²) in [4.78, 5) is 12.4. The van der Waals surface area contributed by atoms with E-state index in [4.69, 9.17) is 5.73 Å². The quantitative estimate of drug-likeness (QED) is 0.301. The third-order valence-electron chi connectivity index (χ3n) is 5.30. The number of non-ortho nitro benzene ring substituents is 1.